The molecule has 0 saturated heterocycles. The molecule has 0 spiro atoms. The third-order valence-electron chi connectivity index (χ3n) is 11.3. The highest BCUT2D eigenvalue weighted by Crippen LogP contribution is 2.58. The van der Waals surface area contributed by atoms with Gasteiger partial charge in [0.25, 0.3) is 5.65 Å². The van der Waals surface area contributed by atoms with Gasteiger partial charge in [0, 0.05) is 5.41 Å². The van der Waals surface area contributed by atoms with Crippen LogP contribution in [0, 0.1) is 0 Å². The molecule has 3 heteroatoms. The Hall–Kier alpha value is -2.68. The lowest BCUT2D eigenvalue weighted by Gasteiger charge is -2.53. The summed E-state index contributed by atoms with van der Waals surface area (Å²) in [7, 11) is 0. The van der Waals surface area contributed by atoms with Gasteiger partial charge >= 0.3 is 0 Å². The van der Waals surface area contributed by atoms with E-state index >= 15 is 0 Å². The molecule has 3 unspecified atom stereocenters. The van der Waals surface area contributed by atoms with E-state index in [0.29, 0.717) is 0 Å². The maximum absolute atomic E-state index is 5.48. The van der Waals surface area contributed by atoms with Crippen LogP contribution in [0.15, 0.2) is 42.5 Å². The second-order valence-corrected chi connectivity index (χ2v) is 15.3. The van der Waals surface area contributed by atoms with Gasteiger partial charge in [-0.05, 0) is 77.5 Å². The molecule has 0 bridgehead atoms. The summed E-state index contributed by atoms with van der Waals surface area (Å²) >= 11 is 0. The summed E-state index contributed by atoms with van der Waals surface area (Å²) in [5.41, 5.74) is 10.1. The maximum atomic E-state index is 5.48. The standard InChI is InChI=1S/C37H48N3/c1-10-13-14-18-35(9)23-34(7,8)25-21-29-28(22-26(25)35)39-31-30-24(16-15-17-27(30)38-32(39)33(4,5)6)36(11-2)19-20-37(36,12-3)40(29)31/h15-17,19-22H,10-14,18,23H2,1-9H3/q+1. The van der Waals surface area contributed by atoms with E-state index in [9.17, 15) is 0 Å². The zero-order valence-corrected chi connectivity index (χ0v) is 26.3. The van der Waals surface area contributed by atoms with Gasteiger partial charge in [-0.15, -0.1) is 0 Å². The molecule has 2 aromatic carbocycles. The number of nitrogens with zero attached hydrogens (tertiary/aromatic N) is 3. The molecule has 0 fully saturated rings. The summed E-state index contributed by atoms with van der Waals surface area (Å²) in [6.45, 7) is 21.6. The summed E-state index contributed by atoms with van der Waals surface area (Å²) in [6.07, 6.45) is 13.6. The van der Waals surface area contributed by atoms with Crippen molar-refractivity contribution in [2.24, 2.45) is 0 Å². The molecule has 0 saturated carbocycles. The number of aromatic nitrogens is 3. The molecule has 210 valence electrons. The monoisotopic (exact) mass is 534 g/mol. The van der Waals surface area contributed by atoms with Gasteiger partial charge in [0.1, 0.15) is 5.54 Å². The quantitative estimate of drug-likeness (QED) is 0.137. The van der Waals surface area contributed by atoms with Gasteiger partial charge in [-0.1, -0.05) is 99.8 Å². The molecule has 2 aliphatic carbocycles. The van der Waals surface area contributed by atoms with Crippen molar-refractivity contribution in [1.82, 2.24) is 9.38 Å². The maximum Gasteiger partial charge on any atom is 0.299 e. The molecule has 7 rings (SSSR count). The van der Waals surface area contributed by atoms with Crippen LogP contribution >= 0.6 is 0 Å². The average Bonchev–Trinajstić information content (AvgIpc) is 3.31. The fourth-order valence-electron chi connectivity index (χ4n) is 9.51. The average molecular weight is 535 g/mol. The Bertz CT molecular complexity index is 1740. The van der Waals surface area contributed by atoms with E-state index in [1.54, 1.807) is 11.1 Å². The number of fused-ring (bicyclic) bond motifs is 7. The smallest absolute Gasteiger partial charge is 0.212 e. The minimum atomic E-state index is -0.0924. The first-order valence-electron chi connectivity index (χ1n) is 16.0. The van der Waals surface area contributed by atoms with Gasteiger partial charge in [0.2, 0.25) is 5.82 Å². The Kier molecular flexibility index (Phi) is 5.24. The zero-order chi connectivity index (χ0) is 28.5. The molecule has 0 amide bonds. The third-order valence-corrected chi connectivity index (χ3v) is 11.3. The molecule has 3 aliphatic rings. The largest absolute Gasteiger partial charge is 0.299 e. The van der Waals surface area contributed by atoms with Crippen molar-refractivity contribution >= 4 is 27.6 Å². The molecule has 40 heavy (non-hydrogen) atoms. The number of rotatable bonds is 6. The van der Waals surface area contributed by atoms with Gasteiger partial charge in [-0.25, -0.2) is 9.55 Å². The van der Waals surface area contributed by atoms with Crippen molar-refractivity contribution in [3.63, 3.8) is 0 Å². The number of hydrogen-bond acceptors (Lipinski definition) is 1. The van der Waals surface area contributed by atoms with E-state index in [4.69, 9.17) is 4.98 Å². The van der Waals surface area contributed by atoms with Crippen molar-refractivity contribution in [3.8, 4) is 0 Å². The predicted octanol–water partition coefficient (Wildman–Crippen LogP) is 9.08. The Morgan fingerprint density at radius 1 is 0.925 bits per heavy atom. The molecule has 2 aromatic heterocycles. The van der Waals surface area contributed by atoms with Gasteiger partial charge in [0.15, 0.2) is 11.0 Å². The van der Waals surface area contributed by atoms with Crippen molar-refractivity contribution < 1.29 is 4.57 Å². The topological polar surface area (TPSA) is 21.2 Å². The van der Waals surface area contributed by atoms with Crippen molar-refractivity contribution in [2.75, 3.05) is 0 Å². The number of allylic oxidation sites excluding steroid dienone is 2. The second-order valence-electron chi connectivity index (χ2n) is 15.3. The number of imidazole rings is 1. The number of benzene rings is 2. The zero-order valence-electron chi connectivity index (χ0n) is 26.3. The van der Waals surface area contributed by atoms with Crippen LogP contribution in [0.1, 0.15) is 130 Å². The molecule has 0 radical (unpaired) electrons. The molecule has 0 N–H and O–H groups in total. The normalized spacial score (nSPS) is 28.0. The molecule has 3 nitrogen and oxygen atoms in total. The minimum absolute atomic E-state index is 0.00181. The van der Waals surface area contributed by atoms with E-state index < -0.39 is 0 Å². The second kappa shape index (κ2) is 7.99. The fraction of sp³-hybridized carbons (Fsp3) is 0.568. The Morgan fingerprint density at radius 3 is 2.33 bits per heavy atom. The Morgan fingerprint density at radius 2 is 1.70 bits per heavy atom. The highest BCUT2D eigenvalue weighted by atomic mass is 15.2. The van der Waals surface area contributed by atoms with Gasteiger partial charge in [0.05, 0.1) is 16.3 Å². The molecule has 3 atom stereocenters. The lowest BCUT2D eigenvalue weighted by atomic mass is 9.53. The summed E-state index contributed by atoms with van der Waals surface area (Å²) in [5.74, 6) is 1.17. The first kappa shape index (κ1) is 26.2. The van der Waals surface area contributed by atoms with Gasteiger partial charge in [-0.3, -0.25) is 0 Å². The van der Waals surface area contributed by atoms with E-state index in [-0.39, 0.29) is 27.2 Å². The van der Waals surface area contributed by atoms with Gasteiger partial charge in [-0.2, -0.15) is 4.40 Å². The SMILES string of the molecule is CCCCCC1(C)CC(C)(C)c2cc3c(cc21)n1c(C(C)(C)C)nc2cccc4c2c1[n+]3C1(CC)C=CC41CC. The molecule has 1 aliphatic heterocycles. The summed E-state index contributed by atoms with van der Waals surface area (Å²) in [6, 6.07) is 12.1. The van der Waals surface area contributed by atoms with Crippen LogP contribution in [0.2, 0.25) is 0 Å². The summed E-state index contributed by atoms with van der Waals surface area (Å²) in [4.78, 5) is 5.48. The Balaban J connectivity index is 1.69. The van der Waals surface area contributed by atoms with Crippen molar-refractivity contribution in [2.45, 2.75) is 134 Å². The summed E-state index contributed by atoms with van der Waals surface area (Å²) < 4.78 is 5.36. The molecule has 4 aromatic rings. The van der Waals surface area contributed by atoms with Crippen LogP contribution in [0.25, 0.3) is 27.6 Å². The molecule has 3 heterocycles. The number of unbranched alkanes of at least 4 members (excludes halogenated alkanes) is 2. The van der Waals surface area contributed by atoms with Gasteiger partial charge < -0.3 is 0 Å². The third kappa shape index (κ3) is 2.92. The van der Waals surface area contributed by atoms with Crippen LogP contribution < -0.4 is 4.57 Å². The van der Waals surface area contributed by atoms with Crippen molar-refractivity contribution in [1.29, 1.82) is 0 Å². The van der Waals surface area contributed by atoms with E-state index in [1.165, 1.54) is 65.6 Å². The van der Waals surface area contributed by atoms with E-state index in [0.717, 1.165) is 18.4 Å². The summed E-state index contributed by atoms with van der Waals surface area (Å²) in [5, 5.41) is 1.35. The van der Waals surface area contributed by atoms with E-state index in [1.807, 2.05) is 0 Å². The molecular formula is C37H48N3+. The highest BCUT2D eigenvalue weighted by Gasteiger charge is 2.63. The lowest BCUT2D eigenvalue weighted by molar-refractivity contribution is -0.722. The molecular weight excluding hydrogens is 486 g/mol. The lowest BCUT2D eigenvalue weighted by Crippen LogP contribution is -2.71. The van der Waals surface area contributed by atoms with Crippen LogP contribution in [-0.2, 0) is 27.2 Å². The fourth-order valence-corrected chi connectivity index (χ4v) is 9.51. The van der Waals surface area contributed by atoms with Crippen LogP contribution in [-0.4, -0.2) is 9.38 Å². The first-order chi connectivity index (χ1) is 18.9. The van der Waals surface area contributed by atoms with Crippen LogP contribution in [0.3, 0.4) is 0 Å². The minimum Gasteiger partial charge on any atom is -0.212 e. The predicted molar refractivity (Wildman–Crippen MR) is 168 cm³/mol. The number of hydrogen-bond donors (Lipinski definition) is 0. The van der Waals surface area contributed by atoms with Crippen molar-refractivity contribution in [3.05, 3.63) is 65.0 Å². The Labute approximate surface area is 240 Å². The highest BCUT2D eigenvalue weighted by molar-refractivity contribution is 5.99. The first-order valence-corrected chi connectivity index (χ1v) is 16.0. The van der Waals surface area contributed by atoms with E-state index in [2.05, 4.69) is 114 Å². The van der Waals surface area contributed by atoms with Crippen LogP contribution in [0.5, 0.6) is 0 Å². The van der Waals surface area contributed by atoms with Crippen LogP contribution in [0.4, 0.5) is 0 Å².